The van der Waals surface area contributed by atoms with Gasteiger partial charge in [0.25, 0.3) is 0 Å². The number of aliphatic hydroxyl groups is 3. The summed E-state index contributed by atoms with van der Waals surface area (Å²) in [5, 5.41) is 50.5. The van der Waals surface area contributed by atoms with E-state index in [1.54, 1.807) is 60.8 Å². The Labute approximate surface area is 445 Å². The van der Waals surface area contributed by atoms with Gasteiger partial charge in [-0.3, -0.25) is 33.6 Å². The van der Waals surface area contributed by atoms with Crippen LogP contribution < -0.4 is 48.7 Å². The molecule has 1 saturated heterocycles. The zero-order valence-corrected chi connectivity index (χ0v) is 41.3. The predicted molar refractivity (Wildman–Crippen MR) is 282 cm³/mol. The predicted octanol–water partition coefficient (Wildman–Crippen LogP) is -1.99. The van der Waals surface area contributed by atoms with Crippen molar-refractivity contribution in [1.29, 1.82) is 0 Å². The van der Waals surface area contributed by atoms with E-state index in [1.165, 1.54) is 13.8 Å². The molecule has 1 aliphatic heterocycles. The van der Waals surface area contributed by atoms with Crippen LogP contribution in [0.25, 0.3) is 10.9 Å². The molecule has 390 valence electrons. The van der Waals surface area contributed by atoms with Crippen LogP contribution in [0.4, 0.5) is 0 Å². The molecule has 4 aromatic rings. The summed E-state index contributed by atoms with van der Waals surface area (Å²) < 4.78 is 0. The van der Waals surface area contributed by atoms with Gasteiger partial charge in [-0.2, -0.15) is 0 Å². The van der Waals surface area contributed by atoms with Crippen molar-refractivity contribution in [3.63, 3.8) is 0 Å². The van der Waals surface area contributed by atoms with Crippen LogP contribution >= 0.6 is 21.6 Å². The standard InChI is InChI=1S/C49H66N10O10S2.In.3H/c1-28(61)39(25-60)56-48(68)41-27-71-70-26-40(57-43(63)34(51)21-30-13-5-3-6-14-30)47(67)54-37(22-31-15-7-4-8-16-31)45(65)55-38(23-32-24-52-35-18-10-9-17-33(32)35)46(66)53-36(19-11-12-20-50)44(64)59-42(29(2)62)49(69)58-41;;;;/h3-10,13-18,24,28-29,34,36-42,52,60-62H,11-12,19-23,25-27,50-51H2,1-2H3,(H,53,66)(H,54,67)(H,55,65)(H,56,68)(H,57,63)(H,58,69)(H,59,64);;;;/t28-,29?,34-,36+,37+,38-,39-,40+,41+,42+;;;;/m1..../s1. The third-order valence-corrected chi connectivity index (χ3v) is 14.3. The van der Waals surface area contributed by atoms with E-state index in [0.717, 1.165) is 38.1 Å². The molecule has 7 amide bonds. The van der Waals surface area contributed by atoms with Crippen LogP contribution in [0.1, 0.15) is 49.8 Å². The Kier molecular flexibility index (Phi) is 24.9. The van der Waals surface area contributed by atoms with Gasteiger partial charge in [0, 0.05) is 41.4 Å². The van der Waals surface area contributed by atoms with E-state index < -0.39 is 108 Å². The number of carbonyl (C=O) groups is 7. The van der Waals surface area contributed by atoms with E-state index in [2.05, 4.69) is 42.2 Å². The van der Waals surface area contributed by atoms with Gasteiger partial charge >= 0.3 is 25.8 Å². The van der Waals surface area contributed by atoms with E-state index >= 15 is 0 Å². The first-order chi connectivity index (χ1) is 34.1. The molecule has 2 heterocycles. The monoisotopic (exact) mass is 1140 g/mol. The molecule has 3 aromatic carbocycles. The van der Waals surface area contributed by atoms with Crippen molar-refractivity contribution in [2.24, 2.45) is 11.5 Å². The first-order valence-corrected chi connectivity index (χ1v) is 26.0. The zero-order chi connectivity index (χ0) is 51.5. The van der Waals surface area contributed by atoms with Crippen LogP contribution in [0.2, 0.25) is 0 Å². The van der Waals surface area contributed by atoms with Crippen molar-refractivity contribution in [1.82, 2.24) is 42.2 Å². The third-order valence-electron chi connectivity index (χ3n) is 11.9. The number of nitrogens with two attached hydrogens (primary N) is 2. The number of nitrogens with one attached hydrogen (secondary N) is 8. The summed E-state index contributed by atoms with van der Waals surface area (Å²) in [5.41, 5.74) is 15.0. The van der Waals surface area contributed by atoms with Gasteiger partial charge in [-0.05, 0) is 68.8 Å². The maximum absolute atomic E-state index is 14.7. The van der Waals surface area contributed by atoms with E-state index in [-0.39, 0.29) is 69.6 Å². The first-order valence-electron chi connectivity index (χ1n) is 23.5. The number of benzene rings is 3. The quantitative estimate of drug-likeness (QED) is 0.0403. The van der Waals surface area contributed by atoms with E-state index in [0.29, 0.717) is 24.0 Å². The fraction of sp³-hybridized carbons (Fsp3) is 0.449. The summed E-state index contributed by atoms with van der Waals surface area (Å²) in [6.45, 7) is 2.23. The molecule has 1 aliphatic rings. The van der Waals surface area contributed by atoms with Crippen LogP contribution in [-0.2, 0) is 52.8 Å². The number of carbonyl (C=O) groups excluding carboxylic acids is 7. The molecule has 0 radical (unpaired) electrons. The Morgan fingerprint density at radius 1 is 0.722 bits per heavy atom. The average molecular weight is 1140 g/mol. The van der Waals surface area contributed by atoms with Gasteiger partial charge < -0.3 is 69.0 Å². The number of amides is 7. The fourth-order valence-corrected chi connectivity index (χ4v) is 10.1. The molecule has 0 spiro atoms. The van der Waals surface area contributed by atoms with E-state index in [4.69, 9.17) is 11.5 Å². The second kappa shape index (κ2) is 30.2. The number of aliphatic hydroxyl groups excluding tert-OH is 3. The number of aromatic amines is 1. The van der Waals surface area contributed by atoms with Gasteiger partial charge in [0.15, 0.2) is 0 Å². The number of hydrogen-bond acceptors (Lipinski definition) is 14. The van der Waals surface area contributed by atoms with Gasteiger partial charge in [0.2, 0.25) is 41.4 Å². The molecule has 23 heteroatoms. The van der Waals surface area contributed by atoms with Crippen LogP contribution in [0.5, 0.6) is 0 Å². The first kappa shape index (κ1) is 59.4. The molecule has 15 N–H and O–H groups in total. The van der Waals surface area contributed by atoms with Crippen LogP contribution in [0, 0.1) is 0 Å². The molecule has 1 aromatic heterocycles. The molecule has 20 nitrogen and oxygen atoms in total. The third kappa shape index (κ3) is 18.1. The molecule has 1 fully saturated rings. The Bertz CT molecular complexity index is 2400. The minimum atomic E-state index is -1.66. The van der Waals surface area contributed by atoms with Gasteiger partial charge in [0.1, 0.15) is 36.3 Å². The number of hydrogen-bond donors (Lipinski definition) is 13. The minimum absolute atomic E-state index is 0. The van der Waals surface area contributed by atoms with Crippen LogP contribution in [0.15, 0.2) is 91.1 Å². The normalized spacial score (nSPS) is 22.5. The number of rotatable bonds is 17. The molecule has 5 rings (SSSR count). The van der Waals surface area contributed by atoms with Crippen LogP contribution in [-0.4, -0.2) is 173 Å². The fourth-order valence-electron chi connectivity index (χ4n) is 7.73. The maximum atomic E-state index is 14.7. The summed E-state index contributed by atoms with van der Waals surface area (Å²) in [4.78, 5) is 103. The summed E-state index contributed by atoms with van der Waals surface area (Å²) in [6, 6.07) is 14.6. The van der Waals surface area contributed by atoms with E-state index in [9.17, 15) is 48.9 Å². The topological polar surface area (TPSA) is 332 Å². The number of H-pyrrole nitrogens is 1. The molecular formula is C49H69InN10O10S2. The molecule has 0 bridgehead atoms. The second-order valence-corrected chi connectivity index (χ2v) is 20.0. The van der Waals surface area contributed by atoms with E-state index in [1.807, 2.05) is 30.3 Å². The Morgan fingerprint density at radius 2 is 1.31 bits per heavy atom. The number of unbranched alkanes of at least 4 members (excludes halogenated alkanes) is 1. The van der Waals surface area contributed by atoms with Crippen LogP contribution in [0.3, 0.4) is 0 Å². The number of para-hydroxylation sites is 1. The van der Waals surface area contributed by atoms with Crippen molar-refractivity contribution in [2.45, 2.75) is 113 Å². The van der Waals surface area contributed by atoms with Crippen molar-refractivity contribution in [3.05, 3.63) is 108 Å². The summed E-state index contributed by atoms with van der Waals surface area (Å²) in [5.74, 6) is -6.01. The van der Waals surface area contributed by atoms with Crippen molar-refractivity contribution in [2.75, 3.05) is 24.7 Å². The number of aromatic nitrogens is 1. The Morgan fingerprint density at radius 3 is 1.94 bits per heavy atom. The van der Waals surface area contributed by atoms with Gasteiger partial charge in [0.05, 0.1) is 30.9 Å². The molecule has 10 atom stereocenters. The molecule has 72 heavy (non-hydrogen) atoms. The molecule has 0 saturated carbocycles. The van der Waals surface area contributed by atoms with Crippen molar-refractivity contribution >= 4 is 99.7 Å². The summed E-state index contributed by atoms with van der Waals surface area (Å²) in [6.07, 6.45) is -0.156. The van der Waals surface area contributed by atoms with Gasteiger partial charge in [-0.15, -0.1) is 0 Å². The molecule has 1 unspecified atom stereocenters. The summed E-state index contributed by atoms with van der Waals surface area (Å²) in [7, 11) is 2.06. The van der Waals surface area contributed by atoms with Crippen molar-refractivity contribution < 1.29 is 48.9 Å². The van der Waals surface area contributed by atoms with Gasteiger partial charge in [-0.1, -0.05) is 100 Å². The van der Waals surface area contributed by atoms with Gasteiger partial charge in [-0.25, -0.2) is 0 Å². The molecular weight excluding hydrogens is 1070 g/mol. The average Bonchev–Trinajstić information content (AvgIpc) is 3.76. The SMILES string of the molecule is CC(O)[C@@H]1NC(=O)[C@H](CCCCN)NC(=O)[C@@H](Cc2c[nH]c3ccccc23)NC(=O)[C@H](Cc2ccccc2)NC(=O)[C@@H](NC(=O)[C@H](N)Cc2ccccc2)CSSC[C@@H](C(=O)N[C@H](CO)[C@@H](C)O)NC1=O.[InH3]. The molecule has 0 aliphatic carbocycles. The Hall–Kier alpha value is -5.14. The second-order valence-electron chi connectivity index (χ2n) is 17.5. The van der Waals surface area contributed by atoms with Crippen molar-refractivity contribution in [3.8, 4) is 0 Å². The Balaban J connectivity index is 0.0000112. The zero-order valence-electron chi connectivity index (χ0n) is 39.7. The summed E-state index contributed by atoms with van der Waals surface area (Å²) >= 11 is 0. The number of fused-ring (bicyclic) bond motifs is 1.